The first-order valence-electron chi connectivity index (χ1n) is 7.11. The van der Waals surface area contributed by atoms with Crippen molar-refractivity contribution in [3.8, 4) is 6.07 Å². The molecule has 0 atom stereocenters. The summed E-state index contributed by atoms with van der Waals surface area (Å²) in [5, 5.41) is 8.66. The molecule has 1 aromatic rings. The van der Waals surface area contributed by atoms with Crippen LogP contribution in [-0.2, 0) is 20.7 Å². The van der Waals surface area contributed by atoms with E-state index in [0.29, 0.717) is 12.2 Å². The fourth-order valence-corrected chi connectivity index (χ4v) is 1.89. The van der Waals surface area contributed by atoms with Gasteiger partial charge in [-0.1, -0.05) is 12.1 Å². The lowest BCUT2D eigenvalue weighted by atomic mass is 10.1. The Hall–Kier alpha value is -2.42. The van der Waals surface area contributed by atoms with Gasteiger partial charge in [0.25, 0.3) is 0 Å². The summed E-state index contributed by atoms with van der Waals surface area (Å²) in [6.07, 6.45) is 0.390. The summed E-state index contributed by atoms with van der Waals surface area (Å²) in [7, 11) is 0. The van der Waals surface area contributed by atoms with Crippen LogP contribution < -0.4 is 0 Å². The highest BCUT2D eigenvalue weighted by atomic mass is 19.1. The molecule has 0 spiro atoms. The molecular formula is C16H19FN2O3. The van der Waals surface area contributed by atoms with Gasteiger partial charge in [0, 0.05) is 13.1 Å². The number of carbonyl (C=O) groups is 2. The number of hydrogen-bond donors (Lipinski definition) is 0. The highest BCUT2D eigenvalue weighted by Gasteiger charge is 2.15. The van der Waals surface area contributed by atoms with Crippen molar-refractivity contribution in [2.45, 2.75) is 26.2 Å². The van der Waals surface area contributed by atoms with Gasteiger partial charge in [-0.15, -0.1) is 0 Å². The van der Waals surface area contributed by atoms with Crippen molar-refractivity contribution >= 4 is 11.9 Å². The number of esters is 1. The standard InChI is InChI=1S/C16H19FN2O3/c1-2-22-16(21)8-11-19(10-3-9-18)15(20)12-13-4-6-14(17)7-5-13/h4-7H,2-3,8,10-12H2,1H3. The summed E-state index contributed by atoms with van der Waals surface area (Å²) < 4.78 is 17.7. The Balaban J connectivity index is 2.61. The molecule has 0 aromatic heterocycles. The van der Waals surface area contributed by atoms with Crippen molar-refractivity contribution in [3.05, 3.63) is 35.6 Å². The number of carbonyl (C=O) groups excluding carboxylic acids is 2. The number of nitrogens with zero attached hydrogens (tertiary/aromatic N) is 2. The van der Waals surface area contributed by atoms with Crippen molar-refractivity contribution < 1.29 is 18.7 Å². The highest BCUT2D eigenvalue weighted by molar-refractivity contribution is 5.79. The molecule has 0 unspecified atom stereocenters. The van der Waals surface area contributed by atoms with E-state index in [2.05, 4.69) is 0 Å². The van der Waals surface area contributed by atoms with E-state index in [-0.39, 0.29) is 50.0 Å². The normalized spacial score (nSPS) is 9.86. The molecule has 22 heavy (non-hydrogen) atoms. The van der Waals surface area contributed by atoms with Gasteiger partial charge in [0.15, 0.2) is 0 Å². The molecule has 0 radical (unpaired) electrons. The monoisotopic (exact) mass is 306 g/mol. The molecule has 6 heteroatoms. The van der Waals surface area contributed by atoms with E-state index >= 15 is 0 Å². The second kappa shape index (κ2) is 9.50. The van der Waals surface area contributed by atoms with Crippen molar-refractivity contribution in [1.29, 1.82) is 5.26 Å². The average Bonchev–Trinajstić information content (AvgIpc) is 2.50. The van der Waals surface area contributed by atoms with Gasteiger partial charge in [0.05, 0.1) is 31.9 Å². The second-order valence-corrected chi connectivity index (χ2v) is 4.65. The molecule has 0 aliphatic heterocycles. The van der Waals surface area contributed by atoms with Crippen LogP contribution in [0.3, 0.4) is 0 Å². The lowest BCUT2D eigenvalue weighted by molar-refractivity contribution is -0.144. The summed E-state index contributed by atoms with van der Waals surface area (Å²) in [6.45, 7) is 2.47. The zero-order valence-corrected chi connectivity index (χ0v) is 12.5. The molecule has 0 aliphatic rings. The first kappa shape index (κ1) is 17.6. The number of amides is 1. The summed E-state index contributed by atoms with van der Waals surface area (Å²) in [6, 6.07) is 7.65. The van der Waals surface area contributed by atoms with Crippen LogP contribution in [0.5, 0.6) is 0 Å². The number of hydrogen-bond acceptors (Lipinski definition) is 4. The Bertz CT molecular complexity index is 537. The van der Waals surface area contributed by atoms with Crippen LogP contribution in [0.15, 0.2) is 24.3 Å². The third-order valence-electron chi connectivity index (χ3n) is 3.01. The minimum atomic E-state index is -0.376. The first-order valence-corrected chi connectivity index (χ1v) is 7.11. The molecule has 5 nitrogen and oxygen atoms in total. The van der Waals surface area contributed by atoms with Crippen LogP contribution in [0.4, 0.5) is 4.39 Å². The van der Waals surface area contributed by atoms with Gasteiger partial charge in [-0.25, -0.2) is 4.39 Å². The lowest BCUT2D eigenvalue weighted by Crippen LogP contribution is -2.35. The van der Waals surface area contributed by atoms with Crippen LogP contribution in [0.25, 0.3) is 0 Å². The Kier molecular flexibility index (Phi) is 7.62. The van der Waals surface area contributed by atoms with E-state index in [1.54, 1.807) is 19.1 Å². The van der Waals surface area contributed by atoms with Gasteiger partial charge >= 0.3 is 5.97 Å². The number of benzene rings is 1. The number of nitriles is 1. The van der Waals surface area contributed by atoms with Crippen LogP contribution in [-0.4, -0.2) is 36.5 Å². The fourth-order valence-electron chi connectivity index (χ4n) is 1.89. The van der Waals surface area contributed by atoms with Crippen LogP contribution in [0.1, 0.15) is 25.3 Å². The molecule has 0 fully saturated rings. The predicted molar refractivity (Wildman–Crippen MR) is 78.2 cm³/mol. The fraction of sp³-hybridized carbons (Fsp3) is 0.438. The Morgan fingerprint density at radius 1 is 1.27 bits per heavy atom. The minimum absolute atomic E-state index is 0.0917. The Morgan fingerprint density at radius 3 is 2.55 bits per heavy atom. The second-order valence-electron chi connectivity index (χ2n) is 4.65. The lowest BCUT2D eigenvalue weighted by Gasteiger charge is -2.21. The quantitative estimate of drug-likeness (QED) is 0.689. The topological polar surface area (TPSA) is 70.4 Å². The number of ether oxygens (including phenoxy) is 1. The van der Waals surface area contributed by atoms with Gasteiger partial charge in [0.2, 0.25) is 5.91 Å². The van der Waals surface area contributed by atoms with Crippen molar-refractivity contribution in [3.63, 3.8) is 0 Å². The van der Waals surface area contributed by atoms with Crippen molar-refractivity contribution in [2.24, 2.45) is 0 Å². The maximum absolute atomic E-state index is 12.8. The summed E-state index contributed by atoms with van der Waals surface area (Å²) >= 11 is 0. The predicted octanol–water partition coefficient (Wildman–Crippen LogP) is 2.06. The van der Waals surface area contributed by atoms with Crippen LogP contribution >= 0.6 is 0 Å². The van der Waals surface area contributed by atoms with Gasteiger partial charge in [-0.05, 0) is 24.6 Å². The number of halogens is 1. The summed E-state index contributed by atoms with van der Waals surface area (Å²) in [4.78, 5) is 25.1. The highest BCUT2D eigenvalue weighted by Crippen LogP contribution is 2.07. The largest absolute Gasteiger partial charge is 0.466 e. The van der Waals surface area contributed by atoms with E-state index in [1.807, 2.05) is 6.07 Å². The molecule has 0 saturated carbocycles. The smallest absolute Gasteiger partial charge is 0.307 e. The van der Waals surface area contributed by atoms with Gasteiger partial charge in [-0.3, -0.25) is 9.59 Å². The maximum atomic E-state index is 12.8. The molecular weight excluding hydrogens is 287 g/mol. The van der Waals surface area contributed by atoms with Crippen LogP contribution in [0.2, 0.25) is 0 Å². The van der Waals surface area contributed by atoms with Gasteiger partial charge in [-0.2, -0.15) is 5.26 Å². The van der Waals surface area contributed by atoms with Gasteiger partial charge in [0.1, 0.15) is 5.82 Å². The van der Waals surface area contributed by atoms with E-state index < -0.39 is 0 Å². The molecule has 118 valence electrons. The Labute approximate surface area is 129 Å². The molecule has 1 amide bonds. The van der Waals surface area contributed by atoms with E-state index in [4.69, 9.17) is 10.00 Å². The maximum Gasteiger partial charge on any atom is 0.307 e. The third kappa shape index (κ3) is 6.35. The zero-order valence-electron chi connectivity index (χ0n) is 12.5. The molecule has 1 rings (SSSR count). The van der Waals surface area contributed by atoms with Crippen molar-refractivity contribution in [2.75, 3.05) is 19.7 Å². The third-order valence-corrected chi connectivity index (χ3v) is 3.01. The molecule has 0 heterocycles. The molecule has 1 aromatic carbocycles. The summed E-state index contributed by atoms with van der Waals surface area (Å²) in [5.74, 6) is -0.940. The average molecular weight is 306 g/mol. The van der Waals surface area contributed by atoms with Crippen molar-refractivity contribution in [1.82, 2.24) is 4.90 Å². The minimum Gasteiger partial charge on any atom is -0.466 e. The Morgan fingerprint density at radius 2 is 1.95 bits per heavy atom. The van der Waals surface area contributed by atoms with E-state index in [9.17, 15) is 14.0 Å². The molecule has 0 bridgehead atoms. The van der Waals surface area contributed by atoms with Gasteiger partial charge < -0.3 is 9.64 Å². The molecule has 0 aliphatic carbocycles. The molecule has 0 saturated heterocycles. The van der Waals surface area contributed by atoms with E-state index in [0.717, 1.165) is 0 Å². The first-order chi connectivity index (χ1) is 10.6. The van der Waals surface area contributed by atoms with Crippen LogP contribution in [0, 0.1) is 17.1 Å². The molecule has 0 N–H and O–H groups in total. The number of rotatable bonds is 8. The van der Waals surface area contributed by atoms with E-state index in [1.165, 1.54) is 17.0 Å². The zero-order chi connectivity index (χ0) is 16.4. The summed E-state index contributed by atoms with van der Waals surface area (Å²) in [5.41, 5.74) is 0.685. The SMILES string of the molecule is CCOC(=O)CCN(CCC#N)C(=O)Cc1ccc(F)cc1.